The number of nitrogens with one attached hydrogen (secondary N) is 2. The van der Waals surface area contributed by atoms with E-state index < -0.39 is 0 Å². The minimum Gasteiger partial charge on any atom is -0.397 e. The fourth-order valence-corrected chi connectivity index (χ4v) is 1.28. The number of amides is 1. The Morgan fingerprint density at radius 2 is 2.31 bits per heavy atom. The number of hydrogen-bond donors (Lipinski definition) is 3. The Labute approximate surface area is 92.7 Å². The van der Waals surface area contributed by atoms with Crippen molar-refractivity contribution >= 4 is 11.6 Å². The van der Waals surface area contributed by atoms with E-state index in [0.29, 0.717) is 17.9 Å². The molecule has 2 aromatic rings. The summed E-state index contributed by atoms with van der Waals surface area (Å²) in [5.41, 5.74) is 7.41. The second-order valence-corrected chi connectivity index (χ2v) is 3.38. The third-order valence-electron chi connectivity index (χ3n) is 2.13. The summed E-state index contributed by atoms with van der Waals surface area (Å²) in [5.74, 6) is -0.207. The van der Waals surface area contributed by atoms with Gasteiger partial charge in [-0.1, -0.05) is 0 Å². The molecule has 2 rings (SSSR count). The lowest BCUT2D eigenvalue weighted by Crippen LogP contribution is -2.23. The van der Waals surface area contributed by atoms with Crippen molar-refractivity contribution in [1.29, 1.82) is 0 Å². The summed E-state index contributed by atoms with van der Waals surface area (Å²) in [6, 6.07) is 5.15. The SMILES string of the molecule is Nc1ccc(C(=O)NCc2cc[nH]c2)nc1. The number of aromatic nitrogens is 2. The minimum absolute atomic E-state index is 0.207. The van der Waals surface area contributed by atoms with Crippen LogP contribution in [-0.4, -0.2) is 15.9 Å². The number of H-pyrrole nitrogens is 1. The second-order valence-electron chi connectivity index (χ2n) is 3.38. The van der Waals surface area contributed by atoms with Gasteiger partial charge in [-0.25, -0.2) is 4.98 Å². The van der Waals surface area contributed by atoms with Gasteiger partial charge in [-0.3, -0.25) is 4.79 Å². The van der Waals surface area contributed by atoms with E-state index in [-0.39, 0.29) is 5.91 Å². The number of carbonyl (C=O) groups is 1. The fraction of sp³-hybridized carbons (Fsp3) is 0.0909. The zero-order valence-corrected chi connectivity index (χ0v) is 8.60. The topological polar surface area (TPSA) is 83.8 Å². The number of carbonyl (C=O) groups excluding carboxylic acids is 1. The van der Waals surface area contributed by atoms with Gasteiger partial charge in [0.25, 0.3) is 5.91 Å². The van der Waals surface area contributed by atoms with Crippen molar-refractivity contribution in [2.45, 2.75) is 6.54 Å². The quantitative estimate of drug-likeness (QED) is 0.713. The predicted octanol–water partition coefficient (Wildman–Crippen LogP) is 0.922. The first-order chi connectivity index (χ1) is 7.75. The molecular formula is C11H12N4O. The molecule has 0 aromatic carbocycles. The first-order valence-corrected chi connectivity index (χ1v) is 4.87. The molecule has 4 N–H and O–H groups in total. The molecule has 0 saturated carbocycles. The summed E-state index contributed by atoms with van der Waals surface area (Å²) in [6.45, 7) is 0.481. The highest BCUT2D eigenvalue weighted by atomic mass is 16.1. The molecule has 16 heavy (non-hydrogen) atoms. The molecule has 0 atom stereocenters. The van der Waals surface area contributed by atoms with Crippen molar-refractivity contribution in [1.82, 2.24) is 15.3 Å². The molecule has 5 nitrogen and oxygen atoms in total. The lowest BCUT2D eigenvalue weighted by Gasteiger charge is -2.03. The number of nitrogen functional groups attached to an aromatic ring is 1. The van der Waals surface area contributed by atoms with E-state index in [1.54, 1.807) is 12.1 Å². The molecule has 0 aliphatic heterocycles. The van der Waals surface area contributed by atoms with E-state index in [2.05, 4.69) is 15.3 Å². The molecule has 0 bridgehead atoms. The van der Waals surface area contributed by atoms with Gasteiger partial charge in [-0.2, -0.15) is 0 Å². The summed E-state index contributed by atoms with van der Waals surface area (Å²) < 4.78 is 0. The van der Waals surface area contributed by atoms with Crippen LogP contribution in [0, 0.1) is 0 Å². The molecule has 0 aliphatic rings. The van der Waals surface area contributed by atoms with Gasteiger partial charge in [0.1, 0.15) is 5.69 Å². The average Bonchev–Trinajstić information content (AvgIpc) is 2.80. The molecule has 2 aromatic heterocycles. The smallest absolute Gasteiger partial charge is 0.270 e. The van der Waals surface area contributed by atoms with Crippen LogP contribution >= 0.6 is 0 Å². The third-order valence-corrected chi connectivity index (χ3v) is 2.13. The number of hydrogen-bond acceptors (Lipinski definition) is 3. The fourth-order valence-electron chi connectivity index (χ4n) is 1.28. The van der Waals surface area contributed by atoms with Gasteiger partial charge in [0.2, 0.25) is 0 Å². The van der Waals surface area contributed by atoms with Crippen LogP contribution in [0.3, 0.4) is 0 Å². The first kappa shape index (κ1) is 10.2. The van der Waals surface area contributed by atoms with E-state index in [1.165, 1.54) is 6.20 Å². The first-order valence-electron chi connectivity index (χ1n) is 4.87. The van der Waals surface area contributed by atoms with Crippen LogP contribution in [0.25, 0.3) is 0 Å². The standard InChI is InChI=1S/C11H12N4O/c12-9-1-2-10(14-7-9)11(16)15-6-8-3-4-13-5-8/h1-5,7,13H,6,12H2,(H,15,16). The van der Waals surface area contributed by atoms with Crippen LogP contribution in [0.4, 0.5) is 5.69 Å². The summed E-state index contributed by atoms with van der Waals surface area (Å²) in [4.78, 5) is 18.5. The zero-order valence-electron chi connectivity index (χ0n) is 8.60. The maximum absolute atomic E-state index is 11.6. The van der Waals surface area contributed by atoms with Gasteiger partial charge in [0, 0.05) is 18.9 Å². The molecule has 0 radical (unpaired) electrons. The Balaban J connectivity index is 1.95. The van der Waals surface area contributed by atoms with Crippen LogP contribution in [0.15, 0.2) is 36.8 Å². The summed E-state index contributed by atoms with van der Waals surface area (Å²) in [7, 11) is 0. The molecule has 0 unspecified atom stereocenters. The largest absolute Gasteiger partial charge is 0.397 e. The lowest BCUT2D eigenvalue weighted by atomic mass is 10.3. The molecule has 82 valence electrons. The minimum atomic E-state index is -0.207. The van der Waals surface area contributed by atoms with Crippen molar-refractivity contribution in [3.05, 3.63) is 48.0 Å². The molecule has 0 spiro atoms. The number of aromatic amines is 1. The Morgan fingerprint density at radius 3 is 2.94 bits per heavy atom. The Hall–Kier alpha value is -2.30. The van der Waals surface area contributed by atoms with Crippen LogP contribution in [0.2, 0.25) is 0 Å². The van der Waals surface area contributed by atoms with Gasteiger partial charge in [-0.15, -0.1) is 0 Å². The van der Waals surface area contributed by atoms with E-state index in [0.717, 1.165) is 5.56 Å². The molecule has 0 aliphatic carbocycles. The van der Waals surface area contributed by atoms with E-state index in [9.17, 15) is 4.79 Å². The molecule has 2 heterocycles. The molecular weight excluding hydrogens is 204 g/mol. The number of nitrogens with two attached hydrogens (primary N) is 1. The second kappa shape index (κ2) is 4.48. The van der Waals surface area contributed by atoms with E-state index >= 15 is 0 Å². The highest BCUT2D eigenvalue weighted by Crippen LogP contribution is 2.02. The number of anilines is 1. The summed E-state index contributed by atoms with van der Waals surface area (Å²) in [6.07, 6.45) is 5.10. The molecule has 5 heteroatoms. The van der Waals surface area contributed by atoms with Crippen molar-refractivity contribution < 1.29 is 4.79 Å². The van der Waals surface area contributed by atoms with Crippen molar-refractivity contribution in [3.8, 4) is 0 Å². The predicted molar refractivity (Wildman–Crippen MR) is 60.6 cm³/mol. The molecule has 0 fully saturated rings. The highest BCUT2D eigenvalue weighted by Gasteiger charge is 2.05. The lowest BCUT2D eigenvalue weighted by molar-refractivity contribution is 0.0946. The maximum Gasteiger partial charge on any atom is 0.270 e. The van der Waals surface area contributed by atoms with E-state index in [1.807, 2.05) is 18.5 Å². The van der Waals surface area contributed by atoms with Gasteiger partial charge in [0.05, 0.1) is 11.9 Å². The number of rotatable bonds is 3. The normalized spacial score (nSPS) is 10.0. The molecule has 1 amide bonds. The van der Waals surface area contributed by atoms with Crippen LogP contribution in [-0.2, 0) is 6.54 Å². The number of pyridine rings is 1. The van der Waals surface area contributed by atoms with E-state index in [4.69, 9.17) is 5.73 Å². The van der Waals surface area contributed by atoms with Gasteiger partial charge in [-0.05, 0) is 23.8 Å². The van der Waals surface area contributed by atoms with Gasteiger partial charge < -0.3 is 16.0 Å². The summed E-state index contributed by atoms with van der Waals surface area (Å²) >= 11 is 0. The monoisotopic (exact) mass is 216 g/mol. The maximum atomic E-state index is 11.6. The highest BCUT2D eigenvalue weighted by molar-refractivity contribution is 5.92. The van der Waals surface area contributed by atoms with Crippen LogP contribution in [0.5, 0.6) is 0 Å². The molecule has 0 saturated heterocycles. The van der Waals surface area contributed by atoms with Crippen molar-refractivity contribution in [3.63, 3.8) is 0 Å². The van der Waals surface area contributed by atoms with Crippen molar-refractivity contribution in [2.24, 2.45) is 0 Å². The summed E-state index contributed by atoms with van der Waals surface area (Å²) in [5, 5.41) is 2.76. The van der Waals surface area contributed by atoms with Gasteiger partial charge in [0.15, 0.2) is 0 Å². The zero-order chi connectivity index (χ0) is 11.4. The van der Waals surface area contributed by atoms with Crippen molar-refractivity contribution in [2.75, 3.05) is 5.73 Å². The third kappa shape index (κ3) is 2.38. The Bertz CT molecular complexity index is 461. The number of nitrogens with zero attached hydrogens (tertiary/aromatic N) is 1. The van der Waals surface area contributed by atoms with Crippen LogP contribution in [0.1, 0.15) is 16.1 Å². The Kier molecular flexibility index (Phi) is 2.86. The average molecular weight is 216 g/mol. The van der Waals surface area contributed by atoms with Gasteiger partial charge >= 0.3 is 0 Å². The van der Waals surface area contributed by atoms with Crippen LogP contribution < -0.4 is 11.1 Å². The Morgan fingerprint density at radius 1 is 1.44 bits per heavy atom.